The predicted molar refractivity (Wildman–Crippen MR) is 222 cm³/mol. The van der Waals surface area contributed by atoms with Gasteiger partial charge in [0.25, 0.3) is 0 Å². The molecule has 0 saturated carbocycles. The van der Waals surface area contributed by atoms with Crippen molar-refractivity contribution in [2.45, 2.75) is 199 Å². The standard InChI is InChI=1S/C46H83NO7/c1-6-8-10-12-14-16-18-19-20-21-22-23-24-25-26-27-29-30-32-34-36-44(48)53-41-42(40-52-39-38-43(46(50)51)47(3,4)5)54-45(49)37-35-33-31-28-17-15-13-11-9-7-2/h13,15-16,18-20,42-43H,6-12,14,17,21-41H2,1-5H3/b15-13+,18-16+,20-19+. The molecule has 0 N–H and O–H groups in total. The predicted octanol–water partition coefficient (Wildman–Crippen LogP) is 10.5. The van der Waals surface area contributed by atoms with E-state index in [1.54, 1.807) is 21.1 Å². The summed E-state index contributed by atoms with van der Waals surface area (Å²) in [5.74, 6) is -1.76. The van der Waals surface area contributed by atoms with Crippen LogP contribution in [0.1, 0.15) is 187 Å². The van der Waals surface area contributed by atoms with Crippen molar-refractivity contribution in [3.05, 3.63) is 36.5 Å². The zero-order valence-corrected chi connectivity index (χ0v) is 35.6. The second-order valence-corrected chi connectivity index (χ2v) is 16.0. The molecule has 2 unspecified atom stereocenters. The Morgan fingerprint density at radius 2 is 1.00 bits per heavy atom. The highest BCUT2D eigenvalue weighted by atomic mass is 16.6. The largest absolute Gasteiger partial charge is 0.544 e. The third kappa shape index (κ3) is 35.3. The zero-order chi connectivity index (χ0) is 40.0. The van der Waals surface area contributed by atoms with Crippen LogP contribution in [0.5, 0.6) is 0 Å². The molecule has 2 atom stereocenters. The minimum atomic E-state index is -1.13. The SMILES string of the molecule is CCCC/C=C/CCCCCCC(=O)OC(COCCC(C(=O)[O-])[N+](C)(C)C)COC(=O)CCCCCCCCCCCC/C=C/C=C/CCCCCC. The molecule has 0 fully saturated rings. The lowest BCUT2D eigenvalue weighted by molar-refractivity contribution is -0.889. The summed E-state index contributed by atoms with van der Waals surface area (Å²) in [6, 6.07) is -0.726. The van der Waals surface area contributed by atoms with Crippen LogP contribution in [-0.4, -0.2) is 75.5 Å². The first-order valence-corrected chi connectivity index (χ1v) is 22.0. The third-order valence-corrected chi connectivity index (χ3v) is 9.78. The smallest absolute Gasteiger partial charge is 0.306 e. The molecule has 0 aromatic rings. The Hall–Kier alpha value is -2.45. The number of ether oxygens (including phenoxy) is 3. The van der Waals surface area contributed by atoms with Crippen molar-refractivity contribution in [2.75, 3.05) is 41.0 Å². The van der Waals surface area contributed by atoms with Gasteiger partial charge in [0.05, 0.1) is 40.3 Å². The molecule has 0 aromatic carbocycles. The Labute approximate surface area is 332 Å². The molecule has 0 heterocycles. The van der Waals surface area contributed by atoms with Gasteiger partial charge in [-0.05, 0) is 57.8 Å². The molecular formula is C46H83NO7. The summed E-state index contributed by atoms with van der Waals surface area (Å²) in [5, 5.41) is 11.6. The van der Waals surface area contributed by atoms with E-state index in [0.29, 0.717) is 12.8 Å². The molecular weight excluding hydrogens is 679 g/mol. The molecule has 8 nitrogen and oxygen atoms in total. The van der Waals surface area contributed by atoms with Crippen molar-refractivity contribution in [1.82, 2.24) is 0 Å². The molecule has 0 spiro atoms. The Kier molecular flexibility index (Phi) is 35.8. The second kappa shape index (κ2) is 37.5. The van der Waals surface area contributed by atoms with Crippen LogP contribution in [0.15, 0.2) is 36.5 Å². The van der Waals surface area contributed by atoms with Gasteiger partial charge in [0, 0.05) is 19.3 Å². The summed E-state index contributed by atoms with van der Waals surface area (Å²) < 4.78 is 17.1. The fourth-order valence-corrected chi connectivity index (χ4v) is 6.28. The number of aliphatic carboxylic acids is 1. The van der Waals surface area contributed by atoms with Crippen molar-refractivity contribution in [3.63, 3.8) is 0 Å². The van der Waals surface area contributed by atoms with Gasteiger partial charge >= 0.3 is 11.9 Å². The fourth-order valence-electron chi connectivity index (χ4n) is 6.28. The molecule has 0 saturated heterocycles. The number of esters is 2. The summed E-state index contributed by atoms with van der Waals surface area (Å²) >= 11 is 0. The number of quaternary nitrogens is 1. The van der Waals surface area contributed by atoms with Crippen LogP contribution >= 0.6 is 0 Å². The van der Waals surface area contributed by atoms with E-state index in [4.69, 9.17) is 14.2 Å². The van der Waals surface area contributed by atoms with Crippen LogP contribution in [0.4, 0.5) is 0 Å². The monoisotopic (exact) mass is 762 g/mol. The van der Waals surface area contributed by atoms with E-state index in [-0.39, 0.29) is 42.7 Å². The Morgan fingerprint density at radius 1 is 0.556 bits per heavy atom. The zero-order valence-electron chi connectivity index (χ0n) is 35.6. The number of rotatable bonds is 39. The van der Waals surface area contributed by atoms with Gasteiger partial charge in [-0.1, -0.05) is 147 Å². The summed E-state index contributed by atoms with van der Waals surface area (Å²) in [4.78, 5) is 36.7. The van der Waals surface area contributed by atoms with Crippen LogP contribution in [0.2, 0.25) is 0 Å². The van der Waals surface area contributed by atoms with Crippen LogP contribution in [0.3, 0.4) is 0 Å². The molecule has 314 valence electrons. The van der Waals surface area contributed by atoms with E-state index in [2.05, 4.69) is 50.3 Å². The van der Waals surface area contributed by atoms with Crippen LogP contribution in [0, 0.1) is 0 Å². The molecule has 0 rings (SSSR count). The van der Waals surface area contributed by atoms with E-state index >= 15 is 0 Å². The maximum Gasteiger partial charge on any atom is 0.306 e. The van der Waals surface area contributed by atoms with Gasteiger partial charge in [-0.15, -0.1) is 0 Å². The molecule has 8 heteroatoms. The first kappa shape index (κ1) is 51.5. The highest BCUT2D eigenvalue weighted by Crippen LogP contribution is 2.14. The van der Waals surface area contributed by atoms with Gasteiger partial charge in [-0.2, -0.15) is 0 Å². The first-order chi connectivity index (χ1) is 26.1. The van der Waals surface area contributed by atoms with E-state index in [1.165, 1.54) is 96.3 Å². The third-order valence-electron chi connectivity index (χ3n) is 9.78. The quantitative estimate of drug-likeness (QED) is 0.0202. The molecule has 0 aliphatic rings. The number of carbonyl (C=O) groups is 3. The lowest BCUT2D eigenvalue weighted by Crippen LogP contribution is -2.55. The number of hydrogen-bond donors (Lipinski definition) is 0. The minimum Gasteiger partial charge on any atom is -0.544 e. The fraction of sp³-hybridized carbons (Fsp3) is 0.804. The minimum absolute atomic E-state index is 0.0360. The lowest BCUT2D eigenvalue weighted by atomic mass is 10.1. The Morgan fingerprint density at radius 3 is 1.50 bits per heavy atom. The number of likely N-dealkylation sites (N-methyl/N-ethyl adjacent to an activating group) is 1. The normalized spacial score (nSPS) is 13.3. The summed E-state index contributed by atoms with van der Waals surface area (Å²) in [5.41, 5.74) is 0. The van der Waals surface area contributed by atoms with Crippen molar-refractivity contribution < 1.29 is 38.2 Å². The average Bonchev–Trinajstić information content (AvgIpc) is 3.12. The van der Waals surface area contributed by atoms with Crippen LogP contribution in [0.25, 0.3) is 0 Å². The molecule has 54 heavy (non-hydrogen) atoms. The number of nitrogens with zero attached hydrogens (tertiary/aromatic N) is 1. The Balaban J connectivity index is 4.25. The van der Waals surface area contributed by atoms with Gasteiger partial charge in [0.2, 0.25) is 0 Å². The Bertz CT molecular complexity index is 984. The van der Waals surface area contributed by atoms with E-state index < -0.39 is 18.1 Å². The molecule has 0 bridgehead atoms. The number of unbranched alkanes of at least 4 members (excludes halogenated alkanes) is 20. The molecule has 0 amide bonds. The van der Waals surface area contributed by atoms with Crippen molar-refractivity contribution in [1.29, 1.82) is 0 Å². The maximum absolute atomic E-state index is 12.6. The lowest BCUT2D eigenvalue weighted by Gasteiger charge is -2.34. The van der Waals surface area contributed by atoms with Crippen molar-refractivity contribution in [3.8, 4) is 0 Å². The molecule has 0 radical (unpaired) electrons. The average molecular weight is 762 g/mol. The van der Waals surface area contributed by atoms with Gasteiger partial charge in [-0.25, -0.2) is 0 Å². The summed E-state index contributed by atoms with van der Waals surface area (Å²) in [6.45, 7) is 4.58. The van der Waals surface area contributed by atoms with Crippen LogP contribution < -0.4 is 5.11 Å². The molecule has 0 aliphatic carbocycles. The summed E-state index contributed by atoms with van der Waals surface area (Å²) in [7, 11) is 5.40. The van der Waals surface area contributed by atoms with E-state index in [1.807, 2.05) is 0 Å². The van der Waals surface area contributed by atoms with Crippen LogP contribution in [-0.2, 0) is 28.6 Å². The van der Waals surface area contributed by atoms with E-state index in [0.717, 1.165) is 57.8 Å². The summed E-state index contributed by atoms with van der Waals surface area (Å²) in [6.07, 6.45) is 41.7. The van der Waals surface area contributed by atoms with Crippen molar-refractivity contribution >= 4 is 17.9 Å². The maximum atomic E-state index is 12.6. The van der Waals surface area contributed by atoms with Gasteiger partial charge in [0.15, 0.2) is 6.10 Å². The number of carboxylic acid groups (broad SMARTS) is 1. The first-order valence-electron chi connectivity index (χ1n) is 22.0. The number of allylic oxidation sites excluding steroid dienone is 6. The number of carboxylic acids is 1. The molecule has 0 aliphatic heterocycles. The highest BCUT2D eigenvalue weighted by Gasteiger charge is 2.25. The number of hydrogen-bond acceptors (Lipinski definition) is 7. The second-order valence-electron chi connectivity index (χ2n) is 16.0. The van der Waals surface area contributed by atoms with E-state index in [9.17, 15) is 19.5 Å². The highest BCUT2D eigenvalue weighted by molar-refractivity contribution is 5.70. The van der Waals surface area contributed by atoms with Gasteiger partial charge in [-0.3, -0.25) is 9.59 Å². The van der Waals surface area contributed by atoms with Gasteiger partial charge < -0.3 is 28.6 Å². The van der Waals surface area contributed by atoms with Crippen molar-refractivity contribution in [2.24, 2.45) is 0 Å². The van der Waals surface area contributed by atoms with Gasteiger partial charge in [0.1, 0.15) is 12.6 Å². The number of carbonyl (C=O) groups excluding carboxylic acids is 3. The molecule has 0 aromatic heterocycles. The topological polar surface area (TPSA) is 102 Å².